The van der Waals surface area contributed by atoms with Crippen molar-refractivity contribution >= 4 is 34.5 Å². The van der Waals surface area contributed by atoms with E-state index in [4.69, 9.17) is 16.6 Å². The SMILES string of the molecule is Cc1ccc(C2N3C(=NC2(C)c2ccc(Cl)nc2)SC(C(=O)O)=C3C(C)C)cc1. The maximum Gasteiger partial charge on any atom is 0.344 e. The standard InChI is InChI=1S/C22H22ClN3O2S/c1-12(2)17-18(20(27)28)29-21-25-22(4,15-9-10-16(23)24-11-15)19(26(17)21)14-7-5-13(3)6-8-14/h5-12,19H,1-4H3,(H,27,28). The average Bonchev–Trinajstić information content (AvgIpc) is 3.16. The molecule has 2 unspecified atom stereocenters. The van der Waals surface area contributed by atoms with Gasteiger partial charge in [0.05, 0.1) is 6.04 Å². The number of pyridine rings is 1. The van der Waals surface area contributed by atoms with E-state index in [1.807, 2.05) is 19.9 Å². The second kappa shape index (κ2) is 7.18. The van der Waals surface area contributed by atoms with Crippen molar-refractivity contribution in [3.8, 4) is 0 Å². The fraction of sp³-hybridized carbons (Fsp3) is 0.318. The smallest absolute Gasteiger partial charge is 0.344 e. The van der Waals surface area contributed by atoms with Crippen LogP contribution in [0.25, 0.3) is 0 Å². The van der Waals surface area contributed by atoms with Crippen LogP contribution in [-0.2, 0) is 10.3 Å². The average molecular weight is 428 g/mol. The van der Waals surface area contributed by atoms with Crippen molar-refractivity contribution in [3.05, 3.63) is 75.0 Å². The Balaban J connectivity index is 1.92. The minimum atomic E-state index is -0.909. The van der Waals surface area contributed by atoms with Gasteiger partial charge >= 0.3 is 5.97 Å². The zero-order chi connectivity index (χ0) is 20.9. The fourth-order valence-corrected chi connectivity index (χ4v) is 5.41. The number of carbonyl (C=O) groups is 1. The number of nitrogens with zero attached hydrogens (tertiary/aromatic N) is 3. The Kier molecular flexibility index (Phi) is 4.95. The third-order valence-corrected chi connectivity index (χ3v) is 6.74. The second-order valence-corrected chi connectivity index (χ2v) is 9.24. The molecule has 0 bridgehead atoms. The molecule has 5 nitrogen and oxygen atoms in total. The lowest BCUT2D eigenvalue weighted by molar-refractivity contribution is -0.131. The van der Waals surface area contributed by atoms with Gasteiger partial charge in [-0.2, -0.15) is 0 Å². The molecule has 150 valence electrons. The monoisotopic (exact) mass is 427 g/mol. The highest BCUT2D eigenvalue weighted by Crippen LogP contribution is 2.55. The van der Waals surface area contributed by atoms with E-state index >= 15 is 0 Å². The highest BCUT2D eigenvalue weighted by Gasteiger charge is 2.53. The topological polar surface area (TPSA) is 65.8 Å². The maximum atomic E-state index is 11.9. The molecule has 2 aromatic rings. The molecule has 3 heterocycles. The molecule has 1 aromatic carbocycles. The van der Waals surface area contributed by atoms with E-state index in [1.54, 1.807) is 12.3 Å². The summed E-state index contributed by atoms with van der Waals surface area (Å²) < 4.78 is 0. The van der Waals surface area contributed by atoms with Crippen molar-refractivity contribution in [1.29, 1.82) is 0 Å². The molecule has 2 aliphatic rings. The van der Waals surface area contributed by atoms with E-state index in [0.29, 0.717) is 15.2 Å². The number of thioether (sulfide) groups is 1. The molecule has 0 amide bonds. The van der Waals surface area contributed by atoms with Gasteiger partial charge in [0.15, 0.2) is 5.17 Å². The van der Waals surface area contributed by atoms with Crippen LogP contribution < -0.4 is 0 Å². The Morgan fingerprint density at radius 2 is 1.93 bits per heavy atom. The fourth-order valence-electron chi connectivity index (χ4n) is 4.06. The molecule has 0 saturated carbocycles. The van der Waals surface area contributed by atoms with Gasteiger partial charge in [-0.3, -0.25) is 0 Å². The van der Waals surface area contributed by atoms with Gasteiger partial charge in [0, 0.05) is 17.5 Å². The zero-order valence-electron chi connectivity index (χ0n) is 16.7. The molecule has 0 spiro atoms. The molecule has 29 heavy (non-hydrogen) atoms. The van der Waals surface area contributed by atoms with Crippen molar-refractivity contribution < 1.29 is 9.90 Å². The summed E-state index contributed by atoms with van der Waals surface area (Å²) in [5.41, 5.74) is 3.37. The van der Waals surface area contributed by atoms with Gasteiger partial charge in [0.25, 0.3) is 0 Å². The van der Waals surface area contributed by atoms with Crippen LogP contribution >= 0.6 is 23.4 Å². The molecule has 1 N–H and O–H groups in total. The zero-order valence-corrected chi connectivity index (χ0v) is 18.3. The number of aryl methyl sites for hydroxylation is 1. The van der Waals surface area contributed by atoms with Crippen LogP contribution in [0.5, 0.6) is 0 Å². The first-order valence-electron chi connectivity index (χ1n) is 9.45. The molecule has 0 saturated heterocycles. The highest BCUT2D eigenvalue weighted by atomic mass is 35.5. The molecule has 4 rings (SSSR count). The Morgan fingerprint density at radius 1 is 1.24 bits per heavy atom. The van der Waals surface area contributed by atoms with Crippen molar-refractivity contribution in [3.63, 3.8) is 0 Å². The third-order valence-electron chi connectivity index (χ3n) is 5.46. The lowest BCUT2D eigenvalue weighted by Crippen LogP contribution is -2.36. The minimum Gasteiger partial charge on any atom is -0.477 e. The number of aromatic nitrogens is 1. The molecular formula is C22H22ClN3O2S. The van der Waals surface area contributed by atoms with E-state index in [9.17, 15) is 9.90 Å². The summed E-state index contributed by atoms with van der Waals surface area (Å²) >= 11 is 7.25. The second-order valence-electron chi connectivity index (χ2n) is 7.87. The predicted octanol–water partition coefficient (Wildman–Crippen LogP) is 5.37. The number of amidine groups is 1. The van der Waals surface area contributed by atoms with Crippen LogP contribution in [0.3, 0.4) is 0 Å². The van der Waals surface area contributed by atoms with E-state index in [2.05, 4.69) is 48.0 Å². The predicted molar refractivity (Wildman–Crippen MR) is 117 cm³/mol. The first-order chi connectivity index (χ1) is 13.7. The third kappa shape index (κ3) is 3.24. The molecule has 7 heteroatoms. The first-order valence-corrected chi connectivity index (χ1v) is 10.6. The van der Waals surface area contributed by atoms with Gasteiger partial charge in [-0.25, -0.2) is 14.8 Å². The number of rotatable bonds is 4. The van der Waals surface area contributed by atoms with Crippen LogP contribution in [-0.4, -0.2) is 26.1 Å². The van der Waals surface area contributed by atoms with Crippen molar-refractivity contribution in [2.45, 2.75) is 39.3 Å². The van der Waals surface area contributed by atoms with Crippen molar-refractivity contribution in [2.75, 3.05) is 0 Å². The number of aliphatic carboxylic acids is 1. The number of carboxylic acid groups (broad SMARTS) is 1. The van der Waals surface area contributed by atoms with Gasteiger partial charge in [0.2, 0.25) is 0 Å². The molecule has 0 radical (unpaired) electrons. The summed E-state index contributed by atoms with van der Waals surface area (Å²) in [7, 11) is 0. The largest absolute Gasteiger partial charge is 0.477 e. The number of hydrogen-bond donors (Lipinski definition) is 1. The molecule has 2 aliphatic heterocycles. The van der Waals surface area contributed by atoms with Crippen LogP contribution in [0.4, 0.5) is 0 Å². The van der Waals surface area contributed by atoms with Crippen molar-refractivity contribution in [1.82, 2.24) is 9.88 Å². The first kappa shape index (κ1) is 20.0. The molecular weight excluding hydrogens is 406 g/mol. The van der Waals surface area contributed by atoms with Crippen molar-refractivity contribution in [2.24, 2.45) is 10.9 Å². The van der Waals surface area contributed by atoms with E-state index in [1.165, 1.54) is 17.3 Å². The van der Waals surface area contributed by atoms with Gasteiger partial charge in [-0.05, 0) is 43.2 Å². The van der Waals surface area contributed by atoms with Gasteiger partial charge < -0.3 is 10.0 Å². The molecule has 2 atom stereocenters. The number of allylic oxidation sites excluding steroid dienone is 1. The van der Waals surface area contributed by atoms with Crippen LogP contribution in [0, 0.1) is 12.8 Å². The molecule has 1 aromatic heterocycles. The van der Waals surface area contributed by atoms with Crippen LogP contribution in [0.15, 0.2) is 58.2 Å². The summed E-state index contributed by atoms with van der Waals surface area (Å²) in [6, 6.07) is 11.9. The lowest BCUT2D eigenvalue weighted by Gasteiger charge is -2.36. The summed E-state index contributed by atoms with van der Waals surface area (Å²) in [5.74, 6) is -0.867. The normalized spacial score (nSPS) is 23.6. The van der Waals surface area contributed by atoms with Gasteiger partial charge in [0.1, 0.15) is 15.6 Å². The van der Waals surface area contributed by atoms with Gasteiger partial charge in [-0.1, -0.05) is 61.3 Å². The lowest BCUT2D eigenvalue weighted by atomic mass is 9.81. The van der Waals surface area contributed by atoms with E-state index in [-0.39, 0.29) is 12.0 Å². The molecule has 0 fully saturated rings. The number of benzene rings is 1. The van der Waals surface area contributed by atoms with E-state index < -0.39 is 11.5 Å². The summed E-state index contributed by atoms with van der Waals surface area (Å²) in [4.78, 5) is 23.7. The Bertz CT molecular complexity index is 1030. The van der Waals surface area contributed by atoms with Crippen LogP contribution in [0.2, 0.25) is 5.15 Å². The van der Waals surface area contributed by atoms with E-state index in [0.717, 1.165) is 16.8 Å². The Morgan fingerprint density at radius 3 is 2.48 bits per heavy atom. The summed E-state index contributed by atoms with van der Waals surface area (Å²) in [6.45, 7) is 8.17. The van der Waals surface area contributed by atoms with Crippen LogP contribution in [0.1, 0.15) is 43.5 Å². The highest BCUT2D eigenvalue weighted by molar-refractivity contribution is 8.18. The number of hydrogen-bond acceptors (Lipinski definition) is 5. The summed E-state index contributed by atoms with van der Waals surface area (Å²) in [5, 5.41) is 10.9. The Labute approximate surface area is 179 Å². The quantitative estimate of drug-likeness (QED) is 0.664. The van der Waals surface area contributed by atoms with Gasteiger partial charge in [-0.15, -0.1) is 0 Å². The number of halogens is 1. The maximum absolute atomic E-state index is 11.9. The number of carboxylic acids is 1. The Hall–Kier alpha value is -2.31. The summed E-state index contributed by atoms with van der Waals surface area (Å²) in [6.07, 6.45) is 1.76. The minimum absolute atomic E-state index is 0.0416. The number of fused-ring (bicyclic) bond motifs is 1. The molecule has 0 aliphatic carbocycles. The number of aliphatic imine (C=N–C) groups is 1.